The zero-order valence-electron chi connectivity index (χ0n) is 8.73. The van der Waals surface area contributed by atoms with E-state index in [1.54, 1.807) is 0 Å². The summed E-state index contributed by atoms with van der Waals surface area (Å²) in [7, 11) is 2.13. The van der Waals surface area contributed by atoms with Crippen molar-refractivity contribution in [2.24, 2.45) is 0 Å². The summed E-state index contributed by atoms with van der Waals surface area (Å²) in [5.74, 6) is 0.721. The van der Waals surface area contributed by atoms with Crippen molar-refractivity contribution in [3.8, 4) is 0 Å². The summed E-state index contributed by atoms with van der Waals surface area (Å²) in [5, 5.41) is 7.98. The zero-order valence-corrected chi connectivity index (χ0v) is 8.73. The molecule has 0 N–H and O–H groups in total. The molecule has 1 aliphatic rings. The van der Waals surface area contributed by atoms with E-state index in [0.29, 0.717) is 6.01 Å². The van der Waals surface area contributed by atoms with Crippen molar-refractivity contribution in [3.05, 3.63) is 5.89 Å². The number of likely N-dealkylation sites (N-methyl/N-ethyl adjacent to an activating group) is 1. The van der Waals surface area contributed by atoms with E-state index in [1.807, 2.05) is 6.92 Å². The van der Waals surface area contributed by atoms with Crippen LogP contribution < -0.4 is 4.90 Å². The van der Waals surface area contributed by atoms with E-state index in [1.165, 1.54) is 0 Å². The molecule has 2 rings (SSSR count). The van der Waals surface area contributed by atoms with Crippen molar-refractivity contribution in [3.63, 3.8) is 0 Å². The van der Waals surface area contributed by atoms with Crippen LogP contribution in [-0.2, 0) is 6.42 Å². The average molecular weight is 196 g/mol. The number of hydrogen-bond acceptors (Lipinski definition) is 5. The van der Waals surface area contributed by atoms with Gasteiger partial charge in [-0.3, -0.25) is 0 Å². The van der Waals surface area contributed by atoms with Crippen molar-refractivity contribution in [1.29, 1.82) is 0 Å². The monoisotopic (exact) mass is 196 g/mol. The van der Waals surface area contributed by atoms with E-state index >= 15 is 0 Å². The molecule has 1 aromatic rings. The quantitative estimate of drug-likeness (QED) is 0.684. The molecule has 14 heavy (non-hydrogen) atoms. The van der Waals surface area contributed by atoms with Gasteiger partial charge in [0.15, 0.2) is 0 Å². The second-order valence-electron chi connectivity index (χ2n) is 3.62. The number of nitrogens with zero attached hydrogens (tertiary/aromatic N) is 4. The Kier molecular flexibility index (Phi) is 2.67. The fourth-order valence-electron chi connectivity index (χ4n) is 1.51. The minimum absolute atomic E-state index is 0.676. The maximum absolute atomic E-state index is 5.49. The summed E-state index contributed by atoms with van der Waals surface area (Å²) in [6.07, 6.45) is 0.806. The summed E-state index contributed by atoms with van der Waals surface area (Å²) < 4.78 is 5.49. The molecule has 1 fully saturated rings. The smallest absolute Gasteiger partial charge is 0.318 e. The molecule has 0 aromatic carbocycles. The van der Waals surface area contributed by atoms with Crippen LogP contribution in [0, 0.1) is 0 Å². The molecule has 1 aliphatic heterocycles. The molecule has 5 heteroatoms. The first kappa shape index (κ1) is 9.45. The largest absolute Gasteiger partial charge is 0.408 e. The molecule has 0 unspecified atom stereocenters. The van der Waals surface area contributed by atoms with E-state index in [2.05, 4.69) is 27.0 Å². The van der Waals surface area contributed by atoms with Crippen LogP contribution in [0.15, 0.2) is 4.42 Å². The van der Waals surface area contributed by atoms with Crippen LogP contribution in [0.2, 0.25) is 0 Å². The van der Waals surface area contributed by atoms with E-state index in [-0.39, 0.29) is 0 Å². The molecule has 0 atom stereocenters. The van der Waals surface area contributed by atoms with Gasteiger partial charge >= 0.3 is 6.01 Å². The molecule has 78 valence electrons. The maximum atomic E-state index is 5.49. The van der Waals surface area contributed by atoms with Gasteiger partial charge in [0.05, 0.1) is 0 Å². The van der Waals surface area contributed by atoms with Gasteiger partial charge in [-0.25, -0.2) is 0 Å². The van der Waals surface area contributed by atoms with Crippen LogP contribution in [-0.4, -0.2) is 48.3 Å². The third-order valence-electron chi connectivity index (χ3n) is 2.53. The van der Waals surface area contributed by atoms with Gasteiger partial charge in [-0.15, -0.1) is 5.10 Å². The first-order valence-electron chi connectivity index (χ1n) is 5.05. The van der Waals surface area contributed by atoms with E-state index in [0.717, 1.165) is 38.5 Å². The molecule has 0 amide bonds. The number of piperazine rings is 1. The predicted octanol–water partition coefficient (Wildman–Crippen LogP) is 0.384. The first-order valence-corrected chi connectivity index (χ1v) is 5.05. The maximum Gasteiger partial charge on any atom is 0.318 e. The lowest BCUT2D eigenvalue weighted by molar-refractivity contribution is 0.304. The minimum atomic E-state index is 0.676. The minimum Gasteiger partial charge on any atom is -0.408 e. The second-order valence-corrected chi connectivity index (χ2v) is 3.62. The van der Waals surface area contributed by atoms with Crippen LogP contribution in [0.1, 0.15) is 12.8 Å². The zero-order chi connectivity index (χ0) is 9.97. The van der Waals surface area contributed by atoms with Crippen LogP contribution in [0.25, 0.3) is 0 Å². The lowest BCUT2D eigenvalue weighted by Gasteiger charge is -2.30. The number of anilines is 1. The average Bonchev–Trinajstić information content (AvgIpc) is 2.67. The molecular weight excluding hydrogens is 180 g/mol. The van der Waals surface area contributed by atoms with Crippen LogP contribution in [0.3, 0.4) is 0 Å². The third-order valence-corrected chi connectivity index (χ3v) is 2.53. The summed E-state index contributed by atoms with van der Waals surface area (Å²) >= 11 is 0. The van der Waals surface area contributed by atoms with Gasteiger partial charge in [-0.1, -0.05) is 12.0 Å². The standard InChI is InChI=1S/C9H16N4O/c1-3-8-10-11-9(14-8)13-6-4-12(2)5-7-13/h3-7H2,1-2H3. The molecule has 0 radical (unpaired) electrons. The molecule has 0 aliphatic carbocycles. The highest BCUT2D eigenvalue weighted by molar-refractivity contribution is 5.24. The Bertz CT molecular complexity index is 291. The van der Waals surface area contributed by atoms with Gasteiger partial charge < -0.3 is 14.2 Å². The number of rotatable bonds is 2. The topological polar surface area (TPSA) is 45.4 Å². The molecule has 2 heterocycles. The Labute approximate surface area is 83.7 Å². The SMILES string of the molecule is CCc1nnc(N2CCN(C)CC2)o1. The molecular formula is C9H16N4O. The first-order chi connectivity index (χ1) is 6.79. The fraction of sp³-hybridized carbons (Fsp3) is 0.778. The highest BCUT2D eigenvalue weighted by Crippen LogP contribution is 2.14. The van der Waals surface area contributed by atoms with Crippen LogP contribution in [0.4, 0.5) is 6.01 Å². The van der Waals surface area contributed by atoms with E-state index in [9.17, 15) is 0 Å². The van der Waals surface area contributed by atoms with Gasteiger partial charge in [-0.2, -0.15) is 0 Å². The van der Waals surface area contributed by atoms with Gasteiger partial charge in [0.2, 0.25) is 5.89 Å². The molecule has 1 aromatic heterocycles. The highest BCUT2D eigenvalue weighted by Gasteiger charge is 2.18. The predicted molar refractivity (Wildman–Crippen MR) is 53.4 cm³/mol. The Morgan fingerprint density at radius 3 is 2.50 bits per heavy atom. The van der Waals surface area contributed by atoms with Crippen LogP contribution in [0.5, 0.6) is 0 Å². The number of aromatic nitrogens is 2. The Balaban J connectivity index is 2.01. The van der Waals surface area contributed by atoms with Crippen LogP contribution >= 0.6 is 0 Å². The summed E-state index contributed by atoms with van der Waals surface area (Å²) in [5.41, 5.74) is 0. The Morgan fingerprint density at radius 1 is 1.21 bits per heavy atom. The van der Waals surface area contributed by atoms with E-state index < -0.39 is 0 Å². The molecule has 0 spiro atoms. The normalized spacial score (nSPS) is 18.9. The van der Waals surface area contributed by atoms with Crippen molar-refractivity contribution < 1.29 is 4.42 Å². The number of hydrogen-bond donors (Lipinski definition) is 0. The molecule has 5 nitrogen and oxygen atoms in total. The number of aryl methyl sites for hydroxylation is 1. The Hall–Kier alpha value is -1.10. The highest BCUT2D eigenvalue weighted by atomic mass is 16.4. The summed E-state index contributed by atoms with van der Waals surface area (Å²) in [6, 6.07) is 0.676. The lowest BCUT2D eigenvalue weighted by atomic mass is 10.3. The van der Waals surface area contributed by atoms with Gasteiger partial charge in [0.1, 0.15) is 0 Å². The second kappa shape index (κ2) is 3.96. The molecule has 0 saturated carbocycles. The van der Waals surface area contributed by atoms with Crippen molar-refractivity contribution >= 4 is 6.01 Å². The van der Waals surface area contributed by atoms with Gasteiger partial charge in [-0.05, 0) is 7.05 Å². The van der Waals surface area contributed by atoms with Crippen molar-refractivity contribution in [2.75, 3.05) is 38.1 Å². The van der Waals surface area contributed by atoms with Gasteiger partial charge in [0, 0.05) is 32.6 Å². The molecule has 1 saturated heterocycles. The van der Waals surface area contributed by atoms with Crippen molar-refractivity contribution in [2.45, 2.75) is 13.3 Å². The van der Waals surface area contributed by atoms with Crippen molar-refractivity contribution in [1.82, 2.24) is 15.1 Å². The third kappa shape index (κ3) is 1.87. The molecule has 0 bridgehead atoms. The fourth-order valence-corrected chi connectivity index (χ4v) is 1.51. The summed E-state index contributed by atoms with van der Waals surface area (Å²) in [4.78, 5) is 4.44. The summed E-state index contributed by atoms with van der Waals surface area (Å²) in [6.45, 7) is 6.08. The van der Waals surface area contributed by atoms with E-state index in [4.69, 9.17) is 4.42 Å². The van der Waals surface area contributed by atoms with Gasteiger partial charge in [0.25, 0.3) is 0 Å². The Morgan fingerprint density at radius 2 is 1.93 bits per heavy atom. The lowest BCUT2D eigenvalue weighted by Crippen LogP contribution is -2.44.